The molecule has 0 saturated heterocycles. The molecule has 1 N–H and O–H groups in total. The van der Waals surface area contributed by atoms with Crippen molar-refractivity contribution >= 4 is 77.0 Å². The van der Waals surface area contributed by atoms with E-state index in [-0.39, 0.29) is 5.57 Å². The molecule has 0 aliphatic carbocycles. The van der Waals surface area contributed by atoms with Crippen LogP contribution in [0.5, 0.6) is 0 Å². The number of nitriles is 1. The number of hydrogen-bond donors (Lipinski definition) is 1. The summed E-state index contributed by atoms with van der Waals surface area (Å²) < 4.78 is 2.58. The van der Waals surface area contributed by atoms with Gasteiger partial charge in [-0.05, 0) is 47.4 Å². The quantitative estimate of drug-likeness (QED) is 0.166. The van der Waals surface area contributed by atoms with Gasteiger partial charge in [-0.1, -0.05) is 72.8 Å². The molecule has 7 rings (SSSR count). The van der Waals surface area contributed by atoms with Gasteiger partial charge in [0, 0.05) is 56.2 Å². The molecule has 190 valence electrons. The molecule has 0 aliphatic heterocycles. The second-order valence-corrected chi connectivity index (χ2v) is 12.6. The SMILES string of the molecule is N#C/C(=C\c1ccc(-c2ccc(-c3c(-c4ccccc4)c4c5ccccc5sc4c4ccccc34)s2)s1)C(=O)O. The number of hydrogen-bond acceptors (Lipinski definition) is 5. The van der Waals surface area contributed by atoms with Crippen molar-refractivity contribution in [2.45, 2.75) is 0 Å². The van der Waals surface area contributed by atoms with Gasteiger partial charge in [0.15, 0.2) is 0 Å². The number of aliphatic carboxylic acids is 1. The van der Waals surface area contributed by atoms with Crippen LogP contribution < -0.4 is 0 Å². The van der Waals surface area contributed by atoms with E-state index in [1.165, 1.54) is 69.9 Å². The first-order chi connectivity index (χ1) is 19.6. The van der Waals surface area contributed by atoms with Gasteiger partial charge in [0.2, 0.25) is 0 Å². The Kier molecular flexibility index (Phi) is 6.06. The lowest BCUT2D eigenvalue weighted by Crippen LogP contribution is -1.96. The molecule has 40 heavy (non-hydrogen) atoms. The molecule has 0 amide bonds. The molecule has 0 bridgehead atoms. The fraction of sp³-hybridized carbons (Fsp3) is 0. The lowest BCUT2D eigenvalue weighted by molar-refractivity contribution is -0.132. The predicted octanol–water partition coefficient (Wildman–Crippen LogP) is 10.3. The summed E-state index contributed by atoms with van der Waals surface area (Å²) in [6.45, 7) is 0. The third kappa shape index (κ3) is 4.04. The largest absolute Gasteiger partial charge is 0.477 e. The van der Waals surface area contributed by atoms with Crippen LogP contribution in [0.4, 0.5) is 0 Å². The third-order valence-electron chi connectivity index (χ3n) is 6.96. The van der Waals surface area contributed by atoms with Gasteiger partial charge in [-0.2, -0.15) is 5.26 Å². The first-order valence-corrected chi connectivity index (χ1v) is 15.0. The molecule has 3 aromatic heterocycles. The highest BCUT2D eigenvalue weighted by atomic mass is 32.1. The van der Waals surface area contributed by atoms with Crippen LogP contribution in [0.3, 0.4) is 0 Å². The van der Waals surface area contributed by atoms with Crippen LogP contribution in [0.25, 0.3) is 68.3 Å². The molecule has 0 spiro atoms. The van der Waals surface area contributed by atoms with Crippen molar-refractivity contribution in [2.75, 3.05) is 0 Å². The molecule has 0 atom stereocenters. The van der Waals surface area contributed by atoms with E-state index in [9.17, 15) is 9.90 Å². The van der Waals surface area contributed by atoms with Crippen molar-refractivity contribution < 1.29 is 9.90 Å². The van der Waals surface area contributed by atoms with Crippen LogP contribution in [0.15, 0.2) is 109 Å². The van der Waals surface area contributed by atoms with Gasteiger partial charge in [-0.25, -0.2) is 4.79 Å². The number of nitrogens with zero attached hydrogens (tertiary/aromatic N) is 1. The number of rotatable bonds is 5. The van der Waals surface area contributed by atoms with Gasteiger partial charge < -0.3 is 5.11 Å². The van der Waals surface area contributed by atoms with Crippen LogP contribution in [-0.4, -0.2) is 11.1 Å². The zero-order chi connectivity index (χ0) is 27.2. The fourth-order valence-electron chi connectivity index (χ4n) is 5.24. The van der Waals surface area contributed by atoms with Crippen LogP contribution in [0, 0.1) is 11.3 Å². The van der Waals surface area contributed by atoms with Crippen LogP contribution in [0.1, 0.15) is 4.88 Å². The van der Waals surface area contributed by atoms with Crippen molar-refractivity contribution in [2.24, 2.45) is 0 Å². The van der Waals surface area contributed by atoms with Crippen LogP contribution >= 0.6 is 34.0 Å². The van der Waals surface area contributed by atoms with E-state index >= 15 is 0 Å². The second-order valence-electron chi connectivity index (χ2n) is 9.30. The number of thiophene rings is 3. The molecule has 0 unspecified atom stereocenters. The first kappa shape index (κ1) is 24.5. The van der Waals surface area contributed by atoms with E-state index in [2.05, 4.69) is 91.0 Å². The van der Waals surface area contributed by atoms with Crippen molar-refractivity contribution in [3.05, 3.63) is 114 Å². The summed E-state index contributed by atoms with van der Waals surface area (Å²) in [6.07, 6.45) is 1.43. The Morgan fingerprint density at radius 3 is 2.10 bits per heavy atom. The molecule has 3 nitrogen and oxygen atoms in total. The van der Waals surface area contributed by atoms with Gasteiger partial charge in [-0.3, -0.25) is 0 Å². The topological polar surface area (TPSA) is 61.1 Å². The Morgan fingerprint density at radius 2 is 1.32 bits per heavy atom. The third-order valence-corrected chi connectivity index (χ3v) is 10.5. The Morgan fingerprint density at radius 1 is 0.675 bits per heavy atom. The smallest absolute Gasteiger partial charge is 0.346 e. The standard InChI is InChI=1S/C34H19NO2S3/c35-19-21(34(36)37)18-22-14-15-27(38-22)28-16-17-29(39-28)31-23-10-4-5-11-24(23)33-32(25-12-6-7-13-26(25)40-33)30(31)20-8-2-1-3-9-20/h1-18H,(H,36,37)/b21-18+. The number of fused-ring (bicyclic) bond motifs is 5. The molecule has 4 aromatic carbocycles. The van der Waals surface area contributed by atoms with E-state index in [1.807, 2.05) is 23.5 Å². The summed E-state index contributed by atoms with van der Waals surface area (Å²) in [6, 6.07) is 37.9. The Balaban J connectivity index is 1.49. The molecule has 6 heteroatoms. The number of carbonyl (C=O) groups is 1. The lowest BCUT2D eigenvalue weighted by atomic mass is 9.89. The summed E-state index contributed by atoms with van der Waals surface area (Å²) in [4.78, 5) is 15.4. The van der Waals surface area contributed by atoms with E-state index in [1.54, 1.807) is 17.4 Å². The average molecular weight is 570 g/mol. The number of benzene rings is 4. The Bertz CT molecular complexity index is 2160. The monoisotopic (exact) mass is 569 g/mol. The summed E-state index contributed by atoms with van der Waals surface area (Å²) >= 11 is 5.07. The molecule has 0 fully saturated rings. The van der Waals surface area contributed by atoms with Gasteiger partial charge in [0.05, 0.1) is 0 Å². The zero-order valence-electron chi connectivity index (χ0n) is 20.9. The maximum Gasteiger partial charge on any atom is 0.346 e. The molecule has 7 aromatic rings. The highest BCUT2D eigenvalue weighted by molar-refractivity contribution is 7.27. The van der Waals surface area contributed by atoms with E-state index in [0.717, 1.165) is 14.6 Å². The second kappa shape index (κ2) is 9.89. The molecular formula is C34H19NO2S3. The van der Waals surface area contributed by atoms with E-state index in [4.69, 9.17) is 5.26 Å². The van der Waals surface area contributed by atoms with Crippen molar-refractivity contribution in [3.8, 4) is 37.4 Å². The minimum atomic E-state index is -1.22. The summed E-state index contributed by atoms with van der Waals surface area (Å²) in [5.74, 6) is -1.22. The van der Waals surface area contributed by atoms with Crippen LogP contribution in [-0.2, 0) is 4.79 Å². The maximum absolute atomic E-state index is 11.3. The summed E-state index contributed by atoms with van der Waals surface area (Å²) in [5, 5.41) is 23.4. The minimum absolute atomic E-state index is 0.268. The van der Waals surface area contributed by atoms with Gasteiger partial charge in [0.1, 0.15) is 11.6 Å². The van der Waals surface area contributed by atoms with Crippen molar-refractivity contribution in [1.29, 1.82) is 5.26 Å². The Labute approximate surface area is 242 Å². The Hall–Kier alpha value is -4.54. The molecule has 0 aliphatic rings. The number of carboxylic acid groups (broad SMARTS) is 1. The predicted molar refractivity (Wildman–Crippen MR) is 170 cm³/mol. The summed E-state index contributed by atoms with van der Waals surface area (Å²) in [7, 11) is 0. The van der Waals surface area contributed by atoms with E-state index < -0.39 is 5.97 Å². The minimum Gasteiger partial charge on any atom is -0.477 e. The molecular weight excluding hydrogens is 551 g/mol. The van der Waals surface area contributed by atoms with Crippen molar-refractivity contribution in [1.82, 2.24) is 0 Å². The molecule has 3 heterocycles. The fourth-order valence-corrected chi connectivity index (χ4v) is 8.61. The van der Waals surface area contributed by atoms with Crippen molar-refractivity contribution in [3.63, 3.8) is 0 Å². The highest BCUT2D eigenvalue weighted by Crippen LogP contribution is 2.51. The summed E-state index contributed by atoms with van der Waals surface area (Å²) in [5.41, 5.74) is 3.39. The van der Waals surface area contributed by atoms with Gasteiger partial charge in [0.25, 0.3) is 0 Å². The first-order valence-electron chi connectivity index (χ1n) is 12.6. The molecule has 0 radical (unpaired) electrons. The lowest BCUT2D eigenvalue weighted by Gasteiger charge is -2.15. The van der Waals surface area contributed by atoms with Gasteiger partial charge >= 0.3 is 5.97 Å². The zero-order valence-corrected chi connectivity index (χ0v) is 23.4. The molecule has 0 saturated carbocycles. The average Bonchev–Trinajstić information content (AvgIpc) is 3.74. The highest BCUT2D eigenvalue weighted by Gasteiger charge is 2.22. The van der Waals surface area contributed by atoms with Crippen LogP contribution in [0.2, 0.25) is 0 Å². The van der Waals surface area contributed by atoms with Gasteiger partial charge in [-0.15, -0.1) is 34.0 Å². The normalized spacial score (nSPS) is 11.8. The van der Waals surface area contributed by atoms with E-state index in [0.29, 0.717) is 0 Å². The maximum atomic E-state index is 11.3. The number of carboxylic acids is 1.